The van der Waals surface area contributed by atoms with Crippen molar-refractivity contribution in [3.63, 3.8) is 0 Å². The average molecular weight is 274 g/mol. The topological polar surface area (TPSA) is 17.3 Å². The molecule has 0 saturated carbocycles. The first kappa shape index (κ1) is 12.4. The number of imidazole rings is 1. The summed E-state index contributed by atoms with van der Waals surface area (Å²) in [6.45, 7) is 6.77. The highest BCUT2D eigenvalue weighted by molar-refractivity contribution is 6.11. The molecule has 0 N–H and O–H groups in total. The quantitative estimate of drug-likeness (QED) is 0.415. The molecular weight excluding hydrogens is 256 g/mol. The number of nitrogens with zero attached hydrogens (tertiary/aromatic N) is 2. The maximum absolute atomic E-state index is 4.53. The van der Waals surface area contributed by atoms with Crippen LogP contribution in [-0.2, 0) is 5.41 Å². The standard InChI is InChI=1S/C19H18N2/c1-19(2,3)13-8-9-17-16(12-13)14-6-4-5-7-15(14)18-20-10-11-21(17)18/h4-12H,1-3H3. The SMILES string of the molecule is CC(C)(C)c1ccc2c(c1)c1ccccc1c1nccn21. The molecule has 4 aromatic rings. The predicted molar refractivity (Wildman–Crippen MR) is 88.9 cm³/mol. The van der Waals surface area contributed by atoms with E-state index in [1.54, 1.807) is 0 Å². The van der Waals surface area contributed by atoms with Crippen LogP contribution in [0, 0.1) is 0 Å². The summed E-state index contributed by atoms with van der Waals surface area (Å²) in [7, 11) is 0. The summed E-state index contributed by atoms with van der Waals surface area (Å²) in [5, 5.41) is 3.78. The fourth-order valence-electron chi connectivity index (χ4n) is 3.04. The third-order valence-corrected chi connectivity index (χ3v) is 4.22. The molecule has 0 spiro atoms. The molecule has 21 heavy (non-hydrogen) atoms. The van der Waals surface area contributed by atoms with E-state index in [0.717, 1.165) is 5.65 Å². The summed E-state index contributed by atoms with van der Waals surface area (Å²) in [6, 6.07) is 15.3. The minimum Gasteiger partial charge on any atom is -0.299 e. The van der Waals surface area contributed by atoms with Gasteiger partial charge in [0, 0.05) is 23.2 Å². The Balaban J connectivity index is 2.26. The van der Waals surface area contributed by atoms with E-state index < -0.39 is 0 Å². The van der Waals surface area contributed by atoms with Crippen LogP contribution in [0.2, 0.25) is 0 Å². The van der Waals surface area contributed by atoms with Crippen molar-refractivity contribution in [1.29, 1.82) is 0 Å². The molecule has 0 atom stereocenters. The molecule has 104 valence electrons. The van der Waals surface area contributed by atoms with Gasteiger partial charge in [0.25, 0.3) is 0 Å². The third-order valence-electron chi connectivity index (χ3n) is 4.22. The molecule has 0 aliphatic carbocycles. The Bertz CT molecular complexity index is 971. The Morgan fingerprint density at radius 1 is 0.905 bits per heavy atom. The number of hydrogen-bond donors (Lipinski definition) is 0. The fraction of sp³-hybridized carbons (Fsp3) is 0.211. The zero-order valence-electron chi connectivity index (χ0n) is 12.6. The highest BCUT2D eigenvalue weighted by Crippen LogP contribution is 2.32. The molecule has 2 heterocycles. The van der Waals surface area contributed by atoms with E-state index in [1.807, 2.05) is 12.4 Å². The van der Waals surface area contributed by atoms with E-state index in [0.29, 0.717) is 0 Å². The van der Waals surface area contributed by atoms with Gasteiger partial charge in [-0.3, -0.25) is 4.40 Å². The maximum Gasteiger partial charge on any atom is 0.145 e. The highest BCUT2D eigenvalue weighted by Gasteiger charge is 2.16. The van der Waals surface area contributed by atoms with Crippen LogP contribution in [0.3, 0.4) is 0 Å². The van der Waals surface area contributed by atoms with Gasteiger partial charge in [-0.1, -0.05) is 51.1 Å². The largest absolute Gasteiger partial charge is 0.299 e. The van der Waals surface area contributed by atoms with Gasteiger partial charge in [0.1, 0.15) is 5.65 Å². The summed E-state index contributed by atoms with van der Waals surface area (Å²) >= 11 is 0. The molecule has 0 aliphatic heterocycles. The van der Waals surface area contributed by atoms with E-state index in [2.05, 4.69) is 72.6 Å². The highest BCUT2D eigenvalue weighted by atomic mass is 15.0. The molecule has 2 aromatic carbocycles. The van der Waals surface area contributed by atoms with Gasteiger partial charge >= 0.3 is 0 Å². The van der Waals surface area contributed by atoms with Crippen LogP contribution in [0.1, 0.15) is 26.3 Å². The average Bonchev–Trinajstić information content (AvgIpc) is 2.96. The van der Waals surface area contributed by atoms with Gasteiger partial charge in [-0.25, -0.2) is 4.98 Å². The Morgan fingerprint density at radius 3 is 2.43 bits per heavy atom. The molecule has 0 saturated heterocycles. The van der Waals surface area contributed by atoms with Gasteiger partial charge in [-0.05, 0) is 28.5 Å². The molecule has 0 aliphatic rings. The van der Waals surface area contributed by atoms with Gasteiger partial charge in [0.2, 0.25) is 0 Å². The van der Waals surface area contributed by atoms with Crippen molar-refractivity contribution >= 4 is 27.3 Å². The Kier molecular flexibility index (Phi) is 2.41. The van der Waals surface area contributed by atoms with Gasteiger partial charge in [0.05, 0.1) is 5.52 Å². The van der Waals surface area contributed by atoms with Crippen LogP contribution < -0.4 is 0 Å². The summed E-state index contributed by atoms with van der Waals surface area (Å²) < 4.78 is 2.18. The Morgan fingerprint density at radius 2 is 1.67 bits per heavy atom. The number of rotatable bonds is 0. The zero-order valence-corrected chi connectivity index (χ0v) is 12.6. The van der Waals surface area contributed by atoms with Crippen LogP contribution >= 0.6 is 0 Å². The molecule has 0 fully saturated rings. The van der Waals surface area contributed by atoms with Crippen molar-refractivity contribution < 1.29 is 0 Å². The third kappa shape index (κ3) is 1.75. The monoisotopic (exact) mass is 274 g/mol. The van der Waals surface area contributed by atoms with Crippen LogP contribution in [-0.4, -0.2) is 9.38 Å². The van der Waals surface area contributed by atoms with E-state index in [9.17, 15) is 0 Å². The van der Waals surface area contributed by atoms with Gasteiger partial charge in [-0.2, -0.15) is 0 Å². The number of pyridine rings is 1. The minimum absolute atomic E-state index is 0.152. The van der Waals surface area contributed by atoms with E-state index >= 15 is 0 Å². The molecule has 0 bridgehead atoms. The first-order valence-corrected chi connectivity index (χ1v) is 7.34. The van der Waals surface area contributed by atoms with Crippen LogP contribution in [0.15, 0.2) is 54.9 Å². The van der Waals surface area contributed by atoms with E-state index in [-0.39, 0.29) is 5.41 Å². The van der Waals surface area contributed by atoms with E-state index in [1.165, 1.54) is 27.2 Å². The number of fused-ring (bicyclic) bond motifs is 6. The van der Waals surface area contributed by atoms with Crippen molar-refractivity contribution in [2.24, 2.45) is 0 Å². The smallest absolute Gasteiger partial charge is 0.145 e. The predicted octanol–water partition coefficient (Wildman–Crippen LogP) is 4.94. The molecule has 2 aromatic heterocycles. The van der Waals surface area contributed by atoms with Crippen LogP contribution in [0.25, 0.3) is 27.3 Å². The number of hydrogen-bond acceptors (Lipinski definition) is 1. The molecular formula is C19H18N2. The van der Waals surface area contributed by atoms with Gasteiger partial charge < -0.3 is 0 Å². The Labute approximate surface area is 124 Å². The second-order valence-electron chi connectivity index (χ2n) is 6.65. The van der Waals surface area contributed by atoms with Crippen molar-refractivity contribution in [3.8, 4) is 0 Å². The van der Waals surface area contributed by atoms with Gasteiger partial charge in [0.15, 0.2) is 0 Å². The zero-order chi connectivity index (χ0) is 14.6. The lowest BCUT2D eigenvalue weighted by Gasteiger charge is -2.20. The summed E-state index contributed by atoms with van der Waals surface area (Å²) in [6.07, 6.45) is 3.92. The summed E-state index contributed by atoms with van der Waals surface area (Å²) in [5.74, 6) is 0. The lowest BCUT2D eigenvalue weighted by Crippen LogP contribution is -2.10. The van der Waals surface area contributed by atoms with Gasteiger partial charge in [-0.15, -0.1) is 0 Å². The first-order valence-electron chi connectivity index (χ1n) is 7.34. The maximum atomic E-state index is 4.53. The Hall–Kier alpha value is -2.35. The lowest BCUT2D eigenvalue weighted by molar-refractivity contribution is 0.591. The molecule has 0 amide bonds. The van der Waals surface area contributed by atoms with Crippen molar-refractivity contribution in [3.05, 3.63) is 60.4 Å². The lowest BCUT2D eigenvalue weighted by atomic mass is 9.86. The normalized spacial score (nSPS) is 12.5. The second-order valence-corrected chi connectivity index (χ2v) is 6.65. The molecule has 2 heteroatoms. The molecule has 0 unspecified atom stereocenters. The van der Waals surface area contributed by atoms with Crippen molar-refractivity contribution in [2.75, 3.05) is 0 Å². The second kappa shape index (κ2) is 4.08. The van der Waals surface area contributed by atoms with E-state index in [4.69, 9.17) is 0 Å². The number of aromatic nitrogens is 2. The van der Waals surface area contributed by atoms with Crippen molar-refractivity contribution in [2.45, 2.75) is 26.2 Å². The van der Waals surface area contributed by atoms with Crippen LogP contribution in [0.5, 0.6) is 0 Å². The molecule has 2 nitrogen and oxygen atoms in total. The summed E-state index contributed by atoms with van der Waals surface area (Å²) in [5.41, 5.74) is 3.76. The molecule has 4 rings (SSSR count). The fourth-order valence-corrected chi connectivity index (χ4v) is 3.04. The van der Waals surface area contributed by atoms with Crippen LogP contribution in [0.4, 0.5) is 0 Å². The first-order chi connectivity index (χ1) is 10.1. The minimum atomic E-state index is 0.152. The number of benzene rings is 2. The molecule has 0 radical (unpaired) electrons. The summed E-state index contributed by atoms with van der Waals surface area (Å²) in [4.78, 5) is 4.53. The van der Waals surface area contributed by atoms with Crippen molar-refractivity contribution in [1.82, 2.24) is 9.38 Å².